The van der Waals surface area contributed by atoms with Crippen molar-refractivity contribution in [3.05, 3.63) is 10.6 Å². The van der Waals surface area contributed by atoms with Crippen molar-refractivity contribution in [1.29, 1.82) is 0 Å². The highest BCUT2D eigenvalue weighted by atomic mass is 32.1. The van der Waals surface area contributed by atoms with E-state index in [1.807, 2.05) is 11.3 Å². The van der Waals surface area contributed by atoms with Gasteiger partial charge in [-0.15, -0.1) is 11.3 Å². The lowest BCUT2D eigenvalue weighted by Gasteiger charge is -2.18. The fourth-order valence-electron chi connectivity index (χ4n) is 2.38. The minimum absolute atomic E-state index is 0.766. The number of aryl methyl sites for hydroxylation is 1. The van der Waals surface area contributed by atoms with Crippen LogP contribution >= 0.6 is 11.3 Å². The van der Waals surface area contributed by atoms with Gasteiger partial charge >= 0.3 is 0 Å². The molecule has 0 unspecified atom stereocenters. The Hall–Kier alpha value is -0.610. The van der Waals surface area contributed by atoms with E-state index in [0.717, 1.165) is 32.1 Å². The number of hydrogen-bond acceptors (Lipinski definition) is 4. The van der Waals surface area contributed by atoms with Gasteiger partial charge < -0.3 is 10.2 Å². The lowest BCUT2D eigenvalue weighted by atomic mass is 10.2. The Balaban J connectivity index is 2.08. The zero-order valence-corrected chi connectivity index (χ0v) is 13.4. The Labute approximate surface area is 121 Å². The molecule has 1 heterocycles. The van der Waals surface area contributed by atoms with Gasteiger partial charge in [-0.1, -0.05) is 20.3 Å². The molecule has 0 atom stereocenters. The van der Waals surface area contributed by atoms with Crippen molar-refractivity contribution in [2.24, 2.45) is 0 Å². The molecule has 0 spiro atoms. The average molecular weight is 281 g/mol. The van der Waals surface area contributed by atoms with Crippen LogP contribution in [-0.4, -0.2) is 24.1 Å². The minimum atomic E-state index is 0.766. The molecule has 19 heavy (non-hydrogen) atoms. The SMILES string of the molecule is CCCNCc1sc(N(CC)C2CC2)nc1CCC. The monoisotopic (exact) mass is 281 g/mol. The summed E-state index contributed by atoms with van der Waals surface area (Å²) in [4.78, 5) is 8.86. The summed E-state index contributed by atoms with van der Waals surface area (Å²) in [7, 11) is 0. The largest absolute Gasteiger partial charge is 0.345 e. The van der Waals surface area contributed by atoms with Crippen molar-refractivity contribution in [2.45, 2.75) is 65.5 Å². The maximum atomic E-state index is 4.92. The first-order valence-corrected chi connectivity index (χ1v) is 8.57. The van der Waals surface area contributed by atoms with E-state index in [4.69, 9.17) is 4.98 Å². The number of aromatic nitrogens is 1. The number of nitrogens with zero attached hydrogens (tertiary/aromatic N) is 2. The summed E-state index contributed by atoms with van der Waals surface area (Å²) < 4.78 is 0. The van der Waals surface area contributed by atoms with Gasteiger partial charge in [0.25, 0.3) is 0 Å². The van der Waals surface area contributed by atoms with E-state index in [9.17, 15) is 0 Å². The Morgan fingerprint density at radius 1 is 1.26 bits per heavy atom. The topological polar surface area (TPSA) is 28.2 Å². The molecule has 0 aliphatic heterocycles. The van der Waals surface area contributed by atoms with Gasteiger partial charge in [0.2, 0.25) is 0 Å². The molecule has 1 saturated carbocycles. The molecule has 0 bridgehead atoms. The van der Waals surface area contributed by atoms with E-state index < -0.39 is 0 Å². The molecule has 0 radical (unpaired) electrons. The van der Waals surface area contributed by atoms with Gasteiger partial charge in [-0.3, -0.25) is 0 Å². The Bertz CT molecular complexity index is 385. The summed E-state index contributed by atoms with van der Waals surface area (Å²) in [6.07, 6.45) is 6.18. The molecule has 1 aromatic rings. The molecule has 1 aromatic heterocycles. The lowest BCUT2D eigenvalue weighted by Crippen LogP contribution is -2.24. The second kappa shape index (κ2) is 7.25. The molecule has 3 nitrogen and oxygen atoms in total. The van der Waals surface area contributed by atoms with Gasteiger partial charge in [-0.05, 0) is 39.2 Å². The van der Waals surface area contributed by atoms with Crippen LogP contribution in [0.4, 0.5) is 5.13 Å². The van der Waals surface area contributed by atoms with Crippen molar-refractivity contribution < 1.29 is 0 Å². The highest BCUT2D eigenvalue weighted by molar-refractivity contribution is 7.15. The van der Waals surface area contributed by atoms with Crippen molar-refractivity contribution >= 4 is 16.5 Å². The summed E-state index contributed by atoms with van der Waals surface area (Å²) in [5.74, 6) is 0. The third-order valence-electron chi connectivity index (χ3n) is 3.54. The van der Waals surface area contributed by atoms with Crippen molar-refractivity contribution in [3.63, 3.8) is 0 Å². The fourth-order valence-corrected chi connectivity index (χ4v) is 3.59. The molecule has 1 fully saturated rings. The first kappa shape index (κ1) is 14.8. The quantitative estimate of drug-likeness (QED) is 0.701. The molecule has 1 N–H and O–H groups in total. The van der Waals surface area contributed by atoms with E-state index in [-0.39, 0.29) is 0 Å². The standard InChI is InChI=1S/C15H27N3S/c1-4-7-13-14(11-16-10-5-2)19-15(17-13)18(6-3)12-8-9-12/h12,16H,4-11H2,1-3H3. The minimum Gasteiger partial charge on any atom is -0.345 e. The predicted molar refractivity (Wildman–Crippen MR) is 84.1 cm³/mol. The van der Waals surface area contributed by atoms with Crippen LogP contribution in [0.2, 0.25) is 0 Å². The number of thiazole rings is 1. The summed E-state index contributed by atoms with van der Waals surface area (Å²) >= 11 is 1.90. The van der Waals surface area contributed by atoms with E-state index in [1.54, 1.807) is 0 Å². The van der Waals surface area contributed by atoms with Crippen LogP contribution < -0.4 is 10.2 Å². The van der Waals surface area contributed by atoms with Gasteiger partial charge in [0.05, 0.1) is 5.69 Å². The average Bonchev–Trinajstić information content (AvgIpc) is 3.15. The summed E-state index contributed by atoms with van der Waals surface area (Å²) in [5, 5.41) is 4.77. The van der Waals surface area contributed by atoms with Gasteiger partial charge in [0.15, 0.2) is 5.13 Å². The van der Waals surface area contributed by atoms with Gasteiger partial charge in [0.1, 0.15) is 0 Å². The van der Waals surface area contributed by atoms with E-state index >= 15 is 0 Å². The molecule has 108 valence electrons. The van der Waals surface area contributed by atoms with Gasteiger partial charge in [-0.2, -0.15) is 0 Å². The number of hydrogen-bond donors (Lipinski definition) is 1. The maximum Gasteiger partial charge on any atom is 0.186 e. The normalized spacial score (nSPS) is 14.9. The third kappa shape index (κ3) is 3.93. The smallest absolute Gasteiger partial charge is 0.186 e. The van der Waals surface area contributed by atoms with Crippen LogP contribution in [0.3, 0.4) is 0 Å². The van der Waals surface area contributed by atoms with Crippen LogP contribution in [0.25, 0.3) is 0 Å². The number of rotatable bonds is 9. The van der Waals surface area contributed by atoms with Crippen LogP contribution in [0, 0.1) is 0 Å². The first-order chi connectivity index (χ1) is 9.30. The molecule has 1 aliphatic rings. The second-order valence-corrected chi connectivity index (χ2v) is 6.37. The Morgan fingerprint density at radius 3 is 2.63 bits per heavy atom. The van der Waals surface area contributed by atoms with Crippen LogP contribution in [0.5, 0.6) is 0 Å². The number of nitrogens with one attached hydrogen (secondary N) is 1. The van der Waals surface area contributed by atoms with Crippen molar-refractivity contribution in [2.75, 3.05) is 18.0 Å². The third-order valence-corrected chi connectivity index (χ3v) is 4.67. The number of anilines is 1. The fraction of sp³-hybridized carbons (Fsp3) is 0.800. The van der Waals surface area contributed by atoms with E-state index in [0.29, 0.717) is 0 Å². The molecular weight excluding hydrogens is 254 g/mol. The van der Waals surface area contributed by atoms with Crippen molar-refractivity contribution in [1.82, 2.24) is 10.3 Å². The highest BCUT2D eigenvalue weighted by Crippen LogP contribution is 2.35. The Kier molecular flexibility index (Phi) is 5.64. The van der Waals surface area contributed by atoms with Crippen LogP contribution in [0.15, 0.2) is 0 Å². The van der Waals surface area contributed by atoms with Crippen molar-refractivity contribution in [3.8, 4) is 0 Å². The zero-order chi connectivity index (χ0) is 13.7. The van der Waals surface area contributed by atoms with Gasteiger partial charge in [-0.25, -0.2) is 4.98 Å². The Morgan fingerprint density at radius 2 is 2.05 bits per heavy atom. The second-order valence-electron chi connectivity index (χ2n) is 5.31. The maximum absolute atomic E-state index is 4.92. The molecule has 0 saturated heterocycles. The van der Waals surface area contributed by atoms with E-state index in [1.165, 1.54) is 41.4 Å². The van der Waals surface area contributed by atoms with Gasteiger partial charge in [0, 0.05) is 24.0 Å². The molecule has 4 heteroatoms. The molecular formula is C15H27N3S. The molecule has 1 aliphatic carbocycles. The lowest BCUT2D eigenvalue weighted by molar-refractivity contribution is 0.674. The highest BCUT2D eigenvalue weighted by Gasteiger charge is 2.30. The van der Waals surface area contributed by atoms with Crippen LogP contribution in [0.1, 0.15) is 57.0 Å². The predicted octanol–water partition coefficient (Wildman–Crippen LogP) is 3.58. The first-order valence-electron chi connectivity index (χ1n) is 7.76. The summed E-state index contributed by atoms with van der Waals surface area (Å²) in [6, 6.07) is 0.766. The van der Waals surface area contributed by atoms with Crippen LogP contribution in [-0.2, 0) is 13.0 Å². The molecule has 0 amide bonds. The summed E-state index contributed by atoms with van der Waals surface area (Å²) in [5.41, 5.74) is 1.32. The molecule has 2 rings (SSSR count). The van der Waals surface area contributed by atoms with E-state index in [2.05, 4.69) is 31.0 Å². The summed E-state index contributed by atoms with van der Waals surface area (Å²) in [6.45, 7) is 9.87. The molecule has 0 aromatic carbocycles. The zero-order valence-electron chi connectivity index (χ0n) is 12.5.